The van der Waals surface area contributed by atoms with Crippen LogP contribution in [0.4, 0.5) is 8.78 Å². The van der Waals surface area contributed by atoms with E-state index in [1.807, 2.05) is 125 Å². The van der Waals surface area contributed by atoms with Crippen molar-refractivity contribution >= 4 is 37.8 Å². The Hall–Kier alpha value is -3.75. The summed E-state index contributed by atoms with van der Waals surface area (Å²) in [7, 11) is 0. The SMILES string of the molecule is Cc1cc[c]([Sb]([O]C(=O)c2cc(F)ccc2F)([c]2ccc(C)cc2)([c]2ccc(C)cc2)[c]2ccc(C)cc2)cc1. The zero-order valence-corrected chi connectivity index (χ0v) is 25.5. The molecule has 0 atom stereocenters. The molecule has 0 unspecified atom stereocenters. The predicted molar refractivity (Wildman–Crippen MR) is 161 cm³/mol. The van der Waals surface area contributed by atoms with Crippen LogP contribution in [0.15, 0.2) is 115 Å². The minimum atomic E-state index is -5.64. The Morgan fingerprint density at radius 2 is 0.850 bits per heavy atom. The van der Waals surface area contributed by atoms with E-state index in [4.69, 9.17) is 3.02 Å². The van der Waals surface area contributed by atoms with E-state index in [1.54, 1.807) is 0 Å². The van der Waals surface area contributed by atoms with E-state index in [0.29, 0.717) is 0 Å². The molecule has 2 nitrogen and oxygen atoms in total. The van der Waals surface area contributed by atoms with E-state index in [1.165, 1.54) is 0 Å². The van der Waals surface area contributed by atoms with Gasteiger partial charge >= 0.3 is 237 Å². The third-order valence-corrected chi connectivity index (χ3v) is 23.7. The summed E-state index contributed by atoms with van der Waals surface area (Å²) in [5.74, 6) is -2.44. The van der Waals surface area contributed by atoms with Crippen LogP contribution >= 0.6 is 0 Å². The second kappa shape index (κ2) is 10.7. The summed E-state index contributed by atoms with van der Waals surface area (Å²) < 4.78 is 39.8. The first-order chi connectivity index (χ1) is 19.1. The van der Waals surface area contributed by atoms with Gasteiger partial charge in [-0.15, -0.1) is 0 Å². The summed E-state index contributed by atoms with van der Waals surface area (Å²) in [6, 6.07) is 35.1. The van der Waals surface area contributed by atoms with Crippen LogP contribution in [-0.2, 0) is 3.02 Å². The van der Waals surface area contributed by atoms with Crippen molar-refractivity contribution in [1.29, 1.82) is 0 Å². The summed E-state index contributed by atoms with van der Waals surface area (Å²) in [6.07, 6.45) is 0. The molecule has 40 heavy (non-hydrogen) atoms. The number of hydrogen-bond donors (Lipinski definition) is 0. The second-order valence-electron chi connectivity index (χ2n) is 10.4. The van der Waals surface area contributed by atoms with Gasteiger partial charge in [0.2, 0.25) is 0 Å². The van der Waals surface area contributed by atoms with Gasteiger partial charge in [0.1, 0.15) is 0 Å². The Morgan fingerprint density at radius 3 is 1.18 bits per heavy atom. The standard InChI is InChI=1S/C7H4F2O2.4C7H7.Sb/c8-4-1-2-6(9)5(3-4)7(10)11;4*1-7-5-3-2-4-6-7;/h1-3H,(H,10,11);4*3-6H,1H3;/q;;;;;+1/p-1. The van der Waals surface area contributed by atoms with Crippen LogP contribution in [0.25, 0.3) is 0 Å². The fraction of sp³-hybridized carbons (Fsp3) is 0.114. The first-order valence-electron chi connectivity index (χ1n) is 13.1. The maximum atomic E-state index is 15.1. The number of halogens is 2. The number of aryl methyl sites for hydroxylation is 4. The Balaban J connectivity index is 2.01. The third kappa shape index (κ3) is 4.55. The second-order valence-corrected chi connectivity index (χ2v) is 22.7. The molecule has 0 aliphatic rings. The molecule has 5 aromatic rings. The van der Waals surface area contributed by atoms with E-state index in [9.17, 15) is 9.18 Å². The molecule has 202 valence electrons. The molecule has 0 amide bonds. The Morgan fingerprint density at radius 1 is 0.525 bits per heavy atom. The first-order valence-corrected chi connectivity index (χ1v) is 19.3. The average Bonchev–Trinajstić information content (AvgIpc) is 2.95. The van der Waals surface area contributed by atoms with E-state index >= 15 is 4.39 Å². The number of carbonyl (C=O) groups is 1. The van der Waals surface area contributed by atoms with Crippen LogP contribution in [0.3, 0.4) is 0 Å². The van der Waals surface area contributed by atoms with Crippen molar-refractivity contribution < 1.29 is 16.6 Å². The Bertz CT molecular complexity index is 1480. The van der Waals surface area contributed by atoms with Crippen molar-refractivity contribution in [2.24, 2.45) is 0 Å². The molecule has 0 saturated heterocycles. The van der Waals surface area contributed by atoms with Gasteiger partial charge in [-0.2, -0.15) is 0 Å². The zero-order valence-electron chi connectivity index (χ0n) is 23.0. The molecule has 5 heteroatoms. The summed E-state index contributed by atoms with van der Waals surface area (Å²) in [6.45, 7) is 8.02. The Kier molecular flexibility index (Phi) is 7.42. The van der Waals surface area contributed by atoms with E-state index < -0.39 is 41.0 Å². The molecule has 5 aromatic carbocycles. The molecule has 0 heterocycles. The number of benzene rings is 5. The molecule has 0 N–H and O–H groups in total. The van der Waals surface area contributed by atoms with Crippen LogP contribution in [0.1, 0.15) is 32.6 Å². The van der Waals surface area contributed by atoms with Crippen LogP contribution in [0.5, 0.6) is 0 Å². The van der Waals surface area contributed by atoms with Crippen molar-refractivity contribution in [2.45, 2.75) is 27.7 Å². The molecule has 0 spiro atoms. The molecule has 0 aliphatic carbocycles. The topological polar surface area (TPSA) is 26.3 Å². The molecule has 0 saturated carbocycles. The number of hydrogen-bond acceptors (Lipinski definition) is 2. The molecular formula is C35H31F2O2Sb. The molecule has 0 aromatic heterocycles. The predicted octanol–water partition coefficient (Wildman–Crippen LogP) is 5.88. The summed E-state index contributed by atoms with van der Waals surface area (Å²) >= 11 is -5.64. The van der Waals surface area contributed by atoms with Crippen LogP contribution in [0.2, 0.25) is 0 Å². The van der Waals surface area contributed by atoms with Gasteiger partial charge in [-0.3, -0.25) is 0 Å². The van der Waals surface area contributed by atoms with Gasteiger partial charge in [-0.05, 0) is 0 Å². The summed E-state index contributed by atoms with van der Waals surface area (Å²) in [4.78, 5) is 14.2. The molecule has 5 rings (SSSR count). The van der Waals surface area contributed by atoms with Gasteiger partial charge in [0.05, 0.1) is 0 Å². The van der Waals surface area contributed by atoms with Gasteiger partial charge in [0, 0.05) is 0 Å². The van der Waals surface area contributed by atoms with Crippen LogP contribution in [0, 0.1) is 39.3 Å². The van der Waals surface area contributed by atoms with Gasteiger partial charge in [-0.1, -0.05) is 0 Å². The van der Waals surface area contributed by atoms with Crippen LogP contribution in [-0.4, -0.2) is 23.8 Å². The Labute approximate surface area is 235 Å². The zero-order chi connectivity index (χ0) is 28.5. The maximum absolute atomic E-state index is 15.1. The van der Waals surface area contributed by atoms with Gasteiger partial charge in [-0.25, -0.2) is 0 Å². The number of rotatable bonds is 6. The number of carbonyl (C=O) groups excluding carboxylic acids is 1. The molecular weight excluding hydrogens is 612 g/mol. The molecule has 0 aliphatic heterocycles. The first kappa shape index (κ1) is 27.8. The molecule has 0 radical (unpaired) electrons. The van der Waals surface area contributed by atoms with Gasteiger partial charge < -0.3 is 0 Å². The van der Waals surface area contributed by atoms with Crippen LogP contribution < -0.4 is 14.0 Å². The monoisotopic (exact) mass is 642 g/mol. The molecule has 0 fully saturated rings. The normalized spacial score (nSPS) is 12.4. The minimum absolute atomic E-state index is 0.434. The average molecular weight is 643 g/mol. The third-order valence-electron chi connectivity index (χ3n) is 7.52. The van der Waals surface area contributed by atoms with E-state index in [0.717, 1.165) is 54.5 Å². The fourth-order valence-electron chi connectivity index (χ4n) is 5.29. The van der Waals surface area contributed by atoms with Crippen molar-refractivity contribution in [3.8, 4) is 0 Å². The van der Waals surface area contributed by atoms with Gasteiger partial charge in [0.15, 0.2) is 0 Å². The summed E-state index contributed by atoms with van der Waals surface area (Å²) in [5, 5.41) is 0. The molecule has 0 bridgehead atoms. The van der Waals surface area contributed by atoms with Crippen molar-refractivity contribution in [3.63, 3.8) is 0 Å². The fourth-order valence-corrected chi connectivity index (χ4v) is 21.0. The quantitative estimate of drug-likeness (QED) is 0.216. The van der Waals surface area contributed by atoms with Crippen molar-refractivity contribution in [1.82, 2.24) is 0 Å². The van der Waals surface area contributed by atoms with E-state index in [-0.39, 0.29) is 0 Å². The van der Waals surface area contributed by atoms with Crippen molar-refractivity contribution in [2.75, 3.05) is 0 Å². The van der Waals surface area contributed by atoms with Gasteiger partial charge in [0.25, 0.3) is 0 Å². The van der Waals surface area contributed by atoms with Crippen molar-refractivity contribution in [3.05, 3.63) is 155 Å². The summed E-state index contributed by atoms with van der Waals surface area (Å²) in [5.41, 5.74) is 3.78. The van der Waals surface area contributed by atoms with E-state index in [2.05, 4.69) is 0 Å².